The number of esters is 1. The molecule has 1 aromatic carbocycles. The fourth-order valence-corrected chi connectivity index (χ4v) is 4.26. The Kier molecular flexibility index (Phi) is 7.10. The number of carbonyl (C=O) groups is 1. The van der Waals surface area contributed by atoms with Crippen molar-refractivity contribution in [2.75, 3.05) is 17.7 Å². The number of H-pyrrole nitrogens is 1. The first kappa shape index (κ1) is 21.8. The molecule has 158 valence electrons. The molecule has 2 N–H and O–H groups in total. The maximum absolute atomic E-state index is 14.0. The van der Waals surface area contributed by atoms with Gasteiger partial charge in [-0.05, 0) is 31.0 Å². The molecule has 3 rings (SSSR count). The highest BCUT2D eigenvalue weighted by atomic mass is 32.2. The molecule has 0 amide bonds. The number of thioether (sulfide) groups is 1. The van der Waals surface area contributed by atoms with E-state index >= 15 is 0 Å². The van der Waals surface area contributed by atoms with Gasteiger partial charge in [0.2, 0.25) is 0 Å². The SMILES string of the molecule is C=CCOC(=O)C1=C(C)Nc2nc(SCCCC)[nH]c(=O)c2[C@H]1c1cccc(F)c1. The number of carbonyl (C=O) groups excluding carboxylic acids is 1. The summed E-state index contributed by atoms with van der Waals surface area (Å²) >= 11 is 1.47. The molecule has 2 aromatic rings. The molecule has 0 saturated carbocycles. The number of hydrogen-bond acceptors (Lipinski definition) is 6. The number of halogens is 1. The molecule has 1 atom stereocenters. The van der Waals surface area contributed by atoms with Crippen molar-refractivity contribution < 1.29 is 13.9 Å². The molecule has 0 aliphatic carbocycles. The van der Waals surface area contributed by atoms with E-state index in [4.69, 9.17) is 4.74 Å². The summed E-state index contributed by atoms with van der Waals surface area (Å²) in [5.74, 6) is -0.662. The number of unbranched alkanes of at least 4 members (excludes halogenated alkanes) is 1. The molecule has 6 nitrogen and oxygen atoms in total. The average molecular weight is 430 g/mol. The second-order valence-corrected chi connectivity index (χ2v) is 7.96. The van der Waals surface area contributed by atoms with E-state index in [2.05, 4.69) is 28.8 Å². The van der Waals surface area contributed by atoms with Gasteiger partial charge in [-0.3, -0.25) is 4.79 Å². The molecule has 0 fully saturated rings. The van der Waals surface area contributed by atoms with E-state index in [9.17, 15) is 14.0 Å². The van der Waals surface area contributed by atoms with Crippen LogP contribution in [0.15, 0.2) is 58.1 Å². The lowest BCUT2D eigenvalue weighted by Gasteiger charge is -2.28. The van der Waals surface area contributed by atoms with E-state index in [-0.39, 0.29) is 23.3 Å². The third kappa shape index (κ3) is 4.64. The molecule has 1 aliphatic rings. The second kappa shape index (κ2) is 9.75. The average Bonchev–Trinajstić information content (AvgIpc) is 2.71. The summed E-state index contributed by atoms with van der Waals surface area (Å²) in [6.45, 7) is 7.39. The summed E-state index contributed by atoms with van der Waals surface area (Å²) in [6, 6.07) is 5.86. The van der Waals surface area contributed by atoms with Crippen molar-refractivity contribution in [1.29, 1.82) is 0 Å². The van der Waals surface area contributed by atoms with Crippen molar-refractivity contribution in [2.45, 2.75) is 37.8 Å². The van der Waals surface area contributed by atoms with Crippen molar-refractivity contribution in [3.05, 3.63) is 75.5 Å². The molecule has 0 unspecified atom stereocenters. The van der Waals surface area contributed by atoms with Crippen LogP contribution < -0.4 is 10.9 Å². The van der Waals surface area contributed by atoms with Crippen molar-refractivity contribution in [3.63, 3.8) is 0 Å². The summed E-state index contributed by atoms with van der Waals surface area (Å²) in [5.41, 5.74) is 1.11. The van der Waals surface area contributed by atoms with E-state index < -0.39 is 17.7 Å². The lowest BCUT2D eigenvalue weighted by molar-refractivity contribution is -0.138. The van der Waals surface area contributed by atoms with Crippen LogP contribution in [0.4, 0.5) is 10.2 Å². The predicted molar refractivity (Wildman–Crippen MR) is 116 cm³/mol. The number of aromatic nitrogens is 2. The minimum Gasteiger partial charge on any atom is -0.458 e. The van der Waals surface area contributed by atoms with Gasteiger partial charge in [0.05, 0.1) is 17.1 Å². The zero-order valence-electron chi connectivity index (χ0n) is 17.0. The topological polar surface area (TPSA) is 84.1 Å². The van der Waals surface area contributed by atoms with Crippen LogP contribution in [0, 0.1) is 5.82 Å². The number of anilines is 1. The van der Waals surface area contributed by atoms with Gasteiger partial charge in [0.15, 0.2) is 5.16 Å². The summed E-state index contributed by atoms with van der Waals surface area (Å²) in [6.07, 6.45) is 3.51. The summed E-state index contributed by atoms with van der Waals surface area (Å²) in [4.78, 5) is 33.2. The minimum atomic E-state index is -0.805. The third-order valence-electron chi connectivity index (χ3n) is 4.69. The highest BCUT2D eigenvalue weighted by molar-refractivity contribution is 7.99. The number of rotatable bonds is 8. The van der Waals surface area contributed by atoms with Crippen LogP contribution in [0.5, 0.6) is 0 Å². The Hall–Kier alpha value is -2.87. The molecule has 0 spiro atoms. The standard InChI is InChI=1S/C22H24FN3O3S/c1-4-6-11-30-22-25-19-18(20(27)26-22)17(14-8-7-9-15(23)12-14)16(13(3)24-19)21(28)29-10-5-2/h5,7-9,12,17H,2,4,6,10-11H2,1,3H3,(H2,24,25,26,27)/t17-/m0/s1. The van der Waals surface area contributed by atoms with Gasteiger partial charge in [0.1, 0.15) is 18.2 Å². The molecule has 8 heteroatoms. The second-order valence-electron chi connectivity index (χ2n) is 6.87. The Morgan fingerprint density at radius 1 is 1.43 bits per heavy atom. The Bertz CT molecular complexity index is 1050. The molecule has 1 aromatic heterocycles. The smallest absolute Gasteiger partial charge is 0.337 e. The first-order valence-electron chi connectivity index (χ1n) is 9.74. The summed E-state index contributed by atoms with van der Waals surface area (Å²) in [5, 5.41) is 3.57. The normalized spacial score (nSPS) is 15.4. The fraction of sp³-hybridized carbons (Fsp3) is 0.318. The number of nitrogens with zero attached hydrogens (tertiary/aromatic N) is 1. The van der Waals surface area contributed by atoms with Crippen LogP contribution in [0.25, 0.3) is 0 Å². The number of aromatic amines is 1. The first-order valence-corrected chi connectivity index (χ1v) is 10.7. The summed E-state index contributed by atoms with van der Waals surface area (Å²) in [7, 11) is 0. The molecule has 0 radical (unpaired) electrons. The van der Waals surface area contributed by atoms with Gasteiger partial charge < -0.3 is 15.0 Å². The summed E-state index contributed by atoms with van der Waals surface area (Å²) < 4.78 is 19.2. The number of benzene rings is 1. The van der Waals surface area contributed by atoms with E-state index in [1.54, 1.807) is 19.1 Å². The van der Waals surface area contributed by atoms with E-state index in [0.29, 0.717) is 22.2 Å². The monoisotopic (exact) mass is 429 g/mol. The van der Waals surface area contributed by atoms with E-state index in [1.165, 1.54) is 30.0 Å². The van der Waals surface area contributed by atoms with Crippen molar-refractivity contribution >= 4 is 23.5 Å². The van der Waals surface area contributed by atoms with Crippen molar-refractivity contribution in [2.24, 2.45) is 0 Å². The Morgan fingerprint density at radius 3 is 2.93 bits per heavy atom. The van der Waals surface area contributed by atoms with Crippen LogP contribution in [-0.4, -0.2) is 28.3 Å². The third-order valence-corrected chi connectivity index (χ3v) is 5.65. The van der Waals surface area contributed by atoms with Crippen LogP contribution in [-0.2, 0) is 9.53 Å². The largest absolute Gasteiger partial charge is 0.458 e. The molecular formula is C22H24FN3O3S. The first-order chi connectivity index (χ1) is 14.5. The van der Waals surface area contributed by atoms with Gasteiger partial charge in [-0.25, -0.2) is 14.2 Å². The number of hydrogen-bond donors (Lipinski definition) is 2. The lowest BCUT2D eigenvalue weighted by Crippen LogP contribution is -2.31. The van der Waals surface area contributed by atoms with Crippen LogP contribution in [0.2, 0.25) is 0 Å². The predicted octanol–water partition coefficient (Wildman–Crippen LogP) is 4.36. The van der Waals surface area contributed by atoms with E-state index in [1.807, 2.05) is 0 Å². The highest BCUT2D eigenvalue weighted by Gasteiger charge is 2.36. The zero-order chi connectivity index (χ0) is 21.7. The molecule has 0 bridgehead atoms. The number of allylic oxidation sites excluding steroid dienone is 1. The van der Waals surface area contributed by atoms with E-state index in [0.717, 1.165) is 18.6 Å². The maximum Gasteiger partial charge on any atom is 0.337 e. The maximum atomic E-state index is 14.0. The number of nitrogens with one attached hydrogen (secondary N) is 2. The Labute approximate surface area is 178 Å². The van der Waals surface area contributed by atoms with Crippen molar-refractivity contribution in [3.8, 4) is 0 Å². The molecule has 30 heavy (non-hydrogen) atoms. The van der Waals surface area contributed by atoms with Gasteiger partial charge in [0.25, 0.3) is 5.56 Å². The van der Waals surface area contributed by atoms with Gasteiger partial charge >= 0.3 is 5.97 Å². The molecular weight excluding hydrogens is 405 g/mol. The molecule has 0 saturated heterocycles. The minimum absolute atomic E-state index is 0.0277. The Balaban J connectivity index is 2.12. The van der Waals surface area contributed by atoms with Gasteiger partial charge in [0, 0.05) is 11.4 Å². The van der Waals surface area contributed by atoms with Crippen LogP contribution in [0.1, 0.15) is 43.7 Å². The van der Waals surface area contributed by atoms with Gasteiger partial charge in [-0.15, -0.1) is 0 Å². The lowest BCUT2D eigenvalue weighted by atomic mass is 9.82. The fourth-order valence-electron chi connectivity index (χ4n) is 3.31. The Morgan fingerprint density at radius 2 is 2.23 bits per heavy atom. The number of ether oxygens (including phenoxy) is 1. The van der Waals surface area contributed by atoms with Crippen LogP contribution >= 0.6 is 11.8 Å². The molecule has 2 heterocycles. The molecule has 1 aliphatic heterocycles. The highest BCUT2D eigenvalue weighted by Crippen LogP contribution is 2.40. The van der Waals surface area contributed by atoms with Crippen LogP contribution in [0.3, 0.4) is 0 Å². The van der Waals surface area contributed by atoms with Gasteiger partial charge in [-0.2, -0.15) is 0 Å². The van der Waals surface area contributed by atoms with Gasteiger partial charge in [-0.1, -0.05) is 49.9 Å². The van der Waals surface area contributed by atoms with Crippen molar-refractivity contribution in [1.82, 2.24) is 9.97 Å². The zero-order valence-corrected chi connectivity index (χ0v) is 17.8. The quantitative estimate of drug-likeness (QED) is 0.213. The number of fused-ring (bicyclic) bond motifs is 1.